The number of rotatable bonds is 4. The topological polar surface area (TPSA) is 89.5 Å². The van der Waals surface area contributed by atoms with E-state index in [4.69, 9.17) is 16.3 Å². The van der Waals surface area contributed by atoms with Crippen LogP contribution < -0.4 is 5.32 Å². The zero-order chi connectivity index (χ0) is 20.0. The average molecular weight is 398 g/mol. The molecule has 0 radical (unpaired) electrons. The molecule has 1 saturated carbocycles. The Morgan fingerprint density at radius 2 is 1.68 bits per heavy atom. The lowest BCUT2D eigenvalue weighted by molar-refractivity contribution is -0.129. The van der Waals surface area contributed by atoms with Crippen molar-refractivity contribution in [1.29, 1.82) is 0 Å². The molecule has 7 heteroatoms. The summed E-state index contributed by atoms with van der Waals surface area (Å²) in [5.74, 6) is -1.97. The molecular weight excluding hydrogens is 382 g/mol. The highest BCUT2D eigenvalue weighted by Crippen LogP contribution is 2.34. The van der Waals surface area contributed by atoms with Crippen LogP contribution in [0.4, 0.5) is 0 Å². The molecule has 0 aromatic heterocycles. The van der Waals surface area contributed by atoms with Crippen LogP contribution in [0, 0.1) is 0 Å². The van der Waals surface area contributed by atoms with E-state index in [1.54, 1.807) is 24.3 Å². The molecular formula is C21H16ClNO5. The van der Waals surface area contributed by atoms with Crippen LogP contribution in [0.15, 0.2) is 36.4 Å². The fourth-order valence-electron chi connectivity index (χ4n) is 3.13. The summed E-state index contributed by atoms with van der Waals surface area (Å²) in [4.78, 5) is 50.0. The van der Waals surface area contributed by atoms with E-state index in [1.165, 1.54) is 19.1 Å². The molecule has 4 rings (SSSR count). The Kier molecular flexibility index (Phi) is 4.51. The van der Waals surface area contributed by atoms with E-state index in [1.807, 2.05) is 0 Å². The van der Waals surface area contributed by atoms with Crippen molar-refractivity contribution >= 4 is 35.0 Å². The van der Waals surface area contributed by atoms with Crippen LogP contribution in [0.3, 0.4) is 0 Å². The molecule has 0 unspecified atom stereocenters. The van der Waals surface area contributed by atoms with Crippen LogP contribution in [0.25, 0.3) is 0 Å². The lowest BCUT2D eigenvalue weighted by Gasteiger charge is -2.20. The maximum Gasteiger partial charge on any atom is 0.340 e. The summed E-state index contributed by atoms with van der Waals surface area (Å²) in [5, 5.41) is 2.60. The number of halogens is 1. The number of nitrogens with one attached hydrogen (secondary N) is 1. The van der Waals surface area contributed by atoms with E-state index in [9.17, 15) is 19.2 Å². The Morgan fingerprint density at radius 3 is 2.32 bits per heavy atom. The lowest BCUT2D eigenvalue weighted by atomic mass is 9.83. The number of hydrogen-bond donors (Lipinski definition) is 1. The highest BCUT2D eigenvalue weighted by Gasteiger charge is 2.34. The average Bonchev–Trinajstić information content (AvgIpc) is 3.49. The van der Waals surface area contributed by atoms with Crippen LogP contribution in [0.2, 0.25) is 5.02 Å². The molecule has 0 bridgehead atoms. The summed E-state index contributed by atoms with van der Waals surface area (Å²) < 4.78 is 5.20. The second-order valence-corrected chi connectivity index (χ2v) is 7.26. The maximum absolute atomic E-state index is 12.9. The van der Waals surface area contributed by atoms with Crippen LogP contribution in [0.5, 0.6) is 0 Å². The van der Waals surface area contributed by atoms with Gasteiger partial charge in [-0.25, -0.2) is 4.79 Å². The first-order valence-electron chi connectivity index (χ1n) is 8.90. The van der Waals surface area contributed by atoms with Gasteiger partial charge in [-0.3, -0.25) is 14.4 Å². The molecule has 0 heterocycles. The second-order valence-electron chi connectivity index (χ2n) is 6.88. The van der Waals surface area contributed by atoms with Crippen molar-refractivity contribution in [2.45, 2.75) is 31.9 Å². The lowest BCUT2D eigenvalue weighted by Crippen LogP contribution is -2.37. The smallest absolute Gasteiger partial charge is 0.340 e. The summed E-state index contributed by atoms with van der Waals surface area (Å²) >= 11 is 6.33. The molecule has 1 N–H and O–H groups in total. The maximum atomic E-state index is 12.9. The number of ether oxygens (including phenoxy) is 1. The predicted octanol–water partition coefficient (Wildman–Crippen LogP) is 2.94. The number of benzene rings is 2. The Labute approximate surface area is 165 Å². The van der Waals surface area contributed by atoms with E-state index in [0.717, 1.165) is 12.8 Å². The summed E-state index contributed by atoms with van der Waals surface area (Å²) in [7, 11) is 0. The summed E-state index contributed by atoms with van der Waals surface area (Å²) in [6.07, 6.45) is 0.833. The van der Waals surface area contributed by atoms with Crippen molar-refractivity contribution in [2.75, 3.05) is 0 Å². The van der Waals surface area contributed by atoms with E-state index < -0.39 is 17.9 Å². The van der Waals surface area contributed by atoms with Crippen molar-refractivity contribution in [3.8, 4) is 0 Å². The van der Waals surface area contributed by atoms with Crippen molar-refractivity contribution < 1.29 is 23.9 Å². The molecule has 28 heavy (non-hydrogen) atoms. The van der Waals surface area contributed by atoms with E-state index in [2.05, 4.69) is 5.32 Å². The van der Waals surface area contributed by atoms with Gasteiger partial charge in [-0.15, -0.1) is 0 Å². The molecule has 2 aromatic rings. The Morgan fingerprint density at radius 1 is 1.04 bits per heavy atom. The molecule has 2 aliphatic rings. The van der Waals surface area contributed by atoms with Crippen LogP contribution in [-0.2, 0) is 9.53 Å². The molecule has 6 nitrogen and oxygen atoms in total. The fourth-order valence-corrected chi connectivity index (χ4v) is 3.46. The molecule has 142 valence electrons. The molecule has 0 saturated heterocycles. The SMILES string of the molecule is C[C@H](OC(=O)c1ccc2c(c1Cl)C(=O)c1ccccc1C2=O)C(=O)NC1CC1. The molecule has 0 spiro atoms. The highest BCUT2D eigenvalue weighted by atomic mass is 35.5. The van der Waals surface area contributed by atoms with Crippen molar-refractivity contribution in [2.24, 2.45) is 0 Å². The third kappa shape index (κ3) is 3.10. The highest BCUT2D eigenvalue weighted by molar-refractivity contribution is 6.41. The van der Waals surface area contributed by atoms with Crippen LogP contribution in [0.1, 0.15) is 62.0 Å². The zero-order valence-electron chi connectivity index (χ0n) is 15.0. The van der Waals surface area contributed by atoms with Gasteiger partial charge in [-0.2, -0.15) is 0 Å². The van der Waals surface area contributed by atoms with Gasteiger partial charge in [0.25, 0.3) is 5.91 Å². The third-order valence-electron chi connectivity index (χ3n) is 4.83. The number of hydrogen-bond acceptors (Lipinski definition) is 5. The van der Waals surface area contributed by atoms with Gasteiger partial charge in [0, 0.05) is 22.7 Å². The minimum atomic E-state index is -1.00. The molecule has 0 aliphatic heterocycles. The van der Waals surface area contributed by atoms with Gasteiger partial charge in [0.15, 0.2) is 17.7 Å². The number of ketones is 2. The molecule has 1 fully saturated rings. The Balaban J connectivity index is 1.63. The van der Waals surface area contributed by atoms with Gasteiger partial charge in [-0.1, -0.05) is 35.9 Å². The number of amides is 1. The first kappa shape index (κ1) is 18.4. The van der Waals surface area contributed by atoms with Gasteiger partial charge in [0.1, 0.15) is 0 Å². The number of fused-ring (bicyclic) bond motifs is 2. The normalized spacial score (nSPS) is 16.1. The van der Waals surface area contributed by atoms with E-state index in [0.29, 0.717) is 5.56 Å². The third-order valence-corrected chi connectivity index (χ3v) is 5.22. The minimum Gasteiger partial charge on any atom is -0.449 e. The summed E-state index contributed by atoms with van der Waals surface area (Å²) in [6, 6.07) is 9.33. The van der Waals surface area contributed by atoms with Gasteiger partial charge in [0.05, 0.1) is 16.1 Å². The quantitative estimate of drug-likeness (QED) is 0.683. The number of carbonyl (C=O) groups excluding carboxylic acids is 4. The predicted molar refractivity (Wildman–Crippen MR) is 101 cm³/mol. The first-order valence-corrected chi connectivity index (χ1v) is 9.28. The van der Waals surface area contributed by atoms with Gasteiger partial charge in [-0.05, 0) is 31.9 Å². The van der Waals surface area contributed by atoms with Crippen molar-refractivity contribution in [1.82, 2.24) is 5.32 Å². The Bertz CT molecular complexity index is 1040. The fraction of sp³-hybridized carbons (Fsp3) is 0.238. The van der Waals surface area contributed by atoms with Gasteiger partial charge in [0.2, 0.25) is 0 Å². The Hall–Kier alpha value is -2.99. The van der Waals surface area contributed by atoms with Crippen LogP contribution in [-0.4, -0.2) is 35.6 Å². The monoisotopic (exact) mass is 397 g/mol. The second kappa shape index (κ2) is 6.87. The first-order chi connectivity index (χ1) is 13.4. The molecule has 2 aromatic carbocycles. The standard InChI is InChI=1S/C21H16ClNO5/c1-10(20(26)23-11-6-7-11)28-21(27)15-9-8-14-16(17(15)22)19(25)13-5-3-2-4-12(13)18(14)24/h2-5,8-11H,6-7H2,1H3,(H,23,26)/t10-/m0/s1. The van der Waals surface area contributed by atoms with Crippen molar-refractivity contribution in [3.63, 3.8) is 0 Å². The summed E-state index contributed by atoms with van der Waals surface area (Å²) in [6.45, 7) is 1.47. The van der Waals surface area contributed by atoms with Crippen LogP contribution >= 0.6 is 11.6 Å². The van der Waals surface area contributed by atoms with E-state index in [-0.39, 0.29) is 45.0 Å². The number of esters is 1. The van der Waals surface area contributed by atoms with E-state index >= 15 is 0 Å². The molecule has 1 atom stereocenters. The molecule has 2 aliphatic carbocycles. The van der Waals surface area contributed by atoms with Gasteiger partial charge < -0.3 is 10.1 Å². The molecule has 1 amide bonds. The van der Waals surface area contributed by atoms with Gasteiger partial charge >= 0.3 is 5.97 Å². The number of carbonyl (C=O) groups is 4. The zero-order valence-corrected chi connectivity index (χ0v) is 15.7. The largest absolute Gasteiger partial charge is 0.449 e. The minimum absolute atomic E-state index is 0.0186. The summed E-state index contributed by atoms with van der Waals surface area (Å²) in [5.41, 5.74) is 0.605. The van der Waals surface area contributed by atoms with Crippen molar-refractivity contribution in [3.05, 3.63) is 69.2 Å².